The summed E-state index contributed by atoms with van der Waals surface area (Å²) in [5.41, 5.74) is 6.39. The Morgan fingerprint density at radius 3 is 2.58 bits per heavy atom. The highest BCUT2D eigenvalue weighted by atomic mass is 35.5. The number of hydrogen-bond donors (Lipinski definition) is 2. The molecule has 1 rings (SSSR count). The number of benzene rings is 1. The van der Waals surface area contributed by atoms with Crippen molar-refractivity contribution in [1.82, 2.24) is 4.90 Å². The van der Waals surface area contributed by atoms with Crippen molar-refractivity contribution >= 4 is 29.2 Å². The molecule has 1 unspecified atom stereocenters. The molecule has 3 N–H and O–H groups in total. The number of amides is 1. The number of nitrogens with two attached hydrogens (primary N) is 1. The highest BCUT2D eigenvalue weighted by Gasteiger charge is 2.22. The Kier molecular flexibility index (Phi) is 5.18. The summed E-state index contributed by atoms with van der Waals surface area (Å²) in [6.45, 7) is 3.93. The predicted octanol–water partition coefficient (Wildman–Crippen LogP) is 2.25. The molecule has 0 aliphatic carbocycles. The Morgan fingerprint density at radius 2 is 2.11 bits per heavy atom. The van der Waals surface area contributed by atoms with Gasteiger partial charge in [-0.05, 0) is 32.0 Å². The van der Waals surface area contributed by atoms with Gasteiger partial charge in [0.15, 0.2) is 0 Å². The van der Waals surface area contributed by atoms with E-state index in [-0.39, 0.29) is 18.4 Å². The Morgan fingerprint density at radius 1 is 1.47 bits per heavy atom. The zero-order chi connectivity index (χ0) is 14.6. The van der Waals surface area contributed by atoms with Crippen LogP contribution in [-0.4, -0.2) is 34.5 Å². The maximum Gasteiger partial charge on any atom is 0.305 e. The van der Waals surface area contributed by atoms with Gasteiger partial charge in [-0.15, -0.1) is 0 Å². The molecule has 1 aromatic carbocycles. The first-order chi connectivity index (χ1) is 8.86. The summed E-state index contributed by atoms with van der Waals surface area (Å²) in [5.74, 6) is -1.19. The van der Waals surface area contributed by atoms with Crippen LogP contribution in [0.3, 0.4) is 0 Å². The molecule has 0 radical (unpaired) electrons. The first-order valence-electron chi connectivity index (χ1n) is 5.94. The van der Waals surface area contributed by atoms with Crippen LogP contribution in [0, 0.1) is 0 Å². The lowest BCUT2D eigenvalue weighted by Gasteiger charge is -2.27. The summed E-state index contributed by atoms with van der Waals surface area (Å²) >= 11 is 5.88. The lowest BCUT2D eigenvalue weighted by Crippen LogP contribution is -2.39. The van der Waals surface area contributed by atoms with E-state index in [4.69, 9.17) is 22.4 Å². The monoisotopic (exact) mass is 284 g/mol. The van der Waals surface area contributed by atoms with Crippen LogP contribution in [0.4, 0.5) is 5.69 Å². The van der Waals surface area contributed by atoms with Crippen molar-refractivity contribution < 1.29 is 14.7 Å². The fraction of sp³-hybridized carbons (Fsp3) is 0.385. The first kappa shape index (κ1) is 15.3. The van der Waals surface area contributed by atoms with Crippen LogP contribution < -0.4 is 5.73 Å². The standard InChI is InChI=1S/C13H17ClN2O3/c1-3-16(8(2)6-12(17)18)13(19)9-4-5-11(15)10(14)7-9/h4-5,7-8H,3,6,15H2,1-2H3,(H,17,18). The SMILES string of the molecule is CCN(C(=O)c1ccc(N)c(Cl)c1)C(C)CC(=O)O. The van der Waals surface area contributed by atoms with Crippen LogP contribution >= 0.6 is 11.6 Å². The van der Waals surface area contributed by atoms with Crippen LogP contribution in [0.2, 0.25) is 5.02 Å². The zero-order valence-electron chi connectivity index (χ0n) is 10.9. The molecule has 0 saturated heterocycles. The van der Waals surface area contributed by atoms with E-state index in [1.54, 1.807) is 26.0 Å². The second-order valence-electron chi connectivity index (χ2n) is 4.27. The summed E-state index contributed by atoms with van der Waals surface area (Å²) in [4.78, 5) is 24.5. The van der Waals surface area contributed by atoms with Crippen LogP contribution in [0.1, 0.15) is 30.6 Å². The van der Waals surface area contributed by atoms with E-state index < -0.39 is 5.97 Å². The van der Waals surface area contributed by atoms with E-state index in [9.17, 15) is 9.59 Å². The Balaban J connectivity index is 2.94. The van der Waals surface area contributed by atoms with Gasteiger partial charge in [0.05, 0.1) is 17.1 Å². The lowest BCUT2D eigenvalue weighted by atomic mass is 10.1. The third-order valence-electron chi connectivity index (χ3n) is 2.85. The van der Waals surface area contributed by atoms with E-state index in [2.05, 4.69) is 0 Å². The van der Waals surface area contributed by atoms with Gasteiger partial charge in [0, 0.05) is 18.2 Å². The van der Waals surface area contributed by atoms with Crippen LogP contribution in [0.15, 0.2) is 18.2 Å². The number of carboxylic acids is 1. The number of anilines is 1. The Bertz CT molecular complexity index is 491. The summed E-state index contributed by atoms with van der Waals surface area (Å²) in [7, 11) is 0. The minimum atomic E-state index is -0.936. The number of carbonyl (C=O) groups is 2. The summed E-state index contributed by atoms with van der Waals surface area (Å²) in [6.07, 6.45) is -0.0950. The molecule has 6 heteroatoms. The molecule has 0 spiro atoms. The van der Waals surface area contributed by atoms with Crippen molar-refractivity contribution in [3.8, 4) is 0 Å². The molecule has 0 heterocycles. The topological polar surface area (TPSA) is 83.6 Å². The first-order valence-corrected chi connectivity index (χ1v) is 6.32. The second kappa shape index (κ2) is 6.43. The van der Waals surface area contributed by atoms with Crippen LogP contribution in [0.25, 0.3) is 0 Å². The van der Waals surface area contributed by atoms with Crippen molar-refractivity contribution in [2.45, 2.75) is 26.3 Å². The van der Waals surface area contributed by atoms with Gasteiger partial charge in [-0.3, -0.25) is 9.59 Å². The van der Waals surface area contributed by atoms with E-state index in [1.165, 1.54) is 11.0 Å². The van der Waals surface area contributed by atoms with E-state index in [0.717, 1.165) is 0 Å². The number of carbonyl (C=O) groups excluding carboxylic acids is 1. The molecule has 0 aromatic heterocycles. The van der Waals surface area contributed by atoms with E-state index in [0.29, 0.717) is 22.8 Å². The summed E-state index contributed by atoms with van der Waals surface area (Å²) in [6, 6.07) is 4.26. The number of rotatable bonds is 5. The van der Waals surface area contributed by atoms with Gasteiger partial charge >= 0.3 is 5.97 Å². The largest absolute Gasteiger partial charge is 0.481 e. The van der Waals surface area contributed by atoms with Crippen molar-refractivity contribution in [2.24, 2.45) is 0 Å². The highest BCUT2D eigenvalue weighted by molar-refractivity contribution is 6.33. The maximum absolute atomic E-state index is 12.3. The van der Waals surface area contributed by atoms with Crippen molar-refractivity contribution in [2.75, 3.05) is 12.3 Å². The van der Waals surface area contributed by atoms with E-state index in [1.807, 2.05) is 0 Å². The smallest absolute Gasteiger partial charge is 0.305 e. The molecule has 0 saturated carbocycles. The fourth-order valence-electron chi connectivity index (χ4n) is 1.84. The number of nitrogen functional groups attached to an aromatic ring is 1. The van der Waals surface area contributed by atoms with Gasteiger partial charge in [0.1, 0.15) is 0 Å². The molecule has 1 atom stereocenters. The molecule has 1 aromatic rings. The molecule has 1 amide bonds. The molecule has 0 fully saturated rings. The van der Waals surface area contributed by atoms with Gasteiger partial charge in [0.25, 0.3) is 5.91 Å². The molecular weight excluding hydrogens is 268 g/mol. The third-order valence-corrected chi connectivity index (χ3v) is 3.18. The van der Waals surface area contributed by atoms with Gasteiger partial charge in [0.2, 0.25) is 0 Å². The summed E-state index contributed by atoms with van der Waals surface area (Å²) in [5, 5.41) is 9.10. The second-order valence-corrected chi connectivity index (χ2v) is 4.68. The summed E-state index contributed by atoms with van der Waals surface area (Å²) < 4.78 is 0. The van der Waals surface area contributed by atoms with Gasteiger partial charge in [-0.2, -0.15) is 0 Å². The molecular formula is C13H17ClN2O3. The third kappa shape index (κ3) is 3.86. The van der Waals surface area contributed by atoms with Crippen molar-refractivity contribution in [1.29, 1.82) is 0 Å². The minimum absolute atomic E-state index is 0.0950. The minimum Gasteiger partial charge on any atom is -0.481 e. The average Bonchev–Trinajstić information content (AvgIpc) is 2.32. The number of nitrogens with zero attached hydrogens (tertiary/aromatic N) is 1. The normalized spacial score (nSPS) is 11.9. The van der Waals surface area contributed by atoms with Crippen molar-refractivity contribution in [3.05, 3.63) is 28.8 Å². The Hall–Kier alpha value is -1.75. The Labute approximate surface area is 117 Å². The molecule has 0 aliphatic rings. The molecule has 0 aliphatic heterocycles. The van der Waals surface area contributed by atoms with Crippen LogP contribution in [0.5, 0.6) is 0 Å². The zero-order valence-corrected chi connectivity index (χ0v) is 11.6. The molecule has 0 bridgehead atoms. The highest BCUT2D eigenvalue weighted by Crippen LogP contribution is 2.21. The average molecular weight is 285 g/mol. The van der Waals surface area contributed by atoms with E-state index >= 15 is 0 Å². The lowest BCUT2D eigenvalue weighted by molar-refractivity contribution is -0.138. The number of aliphatic carboxylic acids is 1. The van der Waals surface area contributed by atoms with Gasteiger partial charge < -0.3 is 15.7 Å². The predicted molar refractivity (Wildman–Crippen MR) is 74.3 cm³/mol. The number of hydrogen-bond acceptors (Lipinski definition) is 3. The van der Waals surface area contributed by atoms with Crippen LogP contribution in [-0.2, 0) is 4.79 Å². The number of halogens is 1. The quantitative estimate of drug-likeness (QED) is 0.812. The molecule has 5 nitrogen and oxygen atoms in total. The molecule has 104 valence electrons. The van der Waals surface area contributed by atoms with Gasteiger partial charge in [-0.1, -0.05) is 11.6 Å². The number of carboxylic acid groups (broad SMARTS) is 1. The molecule has 19 heavy (non-hydrogen) atoms. The van der Waals surface area contributed by atoms with Gasteiger partial charge in [-0.25, -0.2) is 0 Å². The van der Waals surface area contributed by atoms with Crippen molar-refractivity contribution in [3.63, 3.8) is 0 Å². The fourth-order valence-corrected chi connectivity index (χ4v) is 2.02. The maximum atomic E-state index is 12.3.